The molecule has 6 heteroatoms. The van der Waals surface area contributed by atoms with Crippen molar-refractivity contribution < 1.29 is 13.3 Å². The zero-order valence-electron chi connectivity index (χ0n) is 10.1. The highest BCUT2D eigenvalue weighted by molar-refractivity contribution is 7.91. The maximum Gasteiger partial charge on any atom is 0.197 e. The summed E-state index contributed by atoms with van der Waals surface area (Å²) in [7, 11) is -1.78. The summed E-state index contributed by atoms with van der Waals surface area (Å²) in [5.74, 6) is -0.729. The fourth-order valence-corrected chi connectivity index (χ4v) is 3.25. The van der Waals surface area contributed by atoms with Crippen LogP contribution in [-0.4, -0.2) is 32.2 Å². The van der Waals surface area contributed by atoms with Crippen LogP contribution in [-0.2, 0) is 14.7 Å². The van der Waals surface area contributed by atoms with Crippen LogP contribution in [0.4, 0.5) is 0 Å². The van der Waals surface area contributed by atoms with Crippen LogP contribution in [0.2, 0.25) is 0 Å². The molecule has 0 saturated carbocycles. The number of rotatable bonds is 2. The zero-order valence-corrected chi connectivity index (χ0v) is 11.0. The SMILES string of the molecule is CN1O[C@H](S(C)(=O)=O)[C@@H](C#N)C1c1ccccc1. The minimum atomic E-state index is -3.42. The van der Waals surface area contributed by atoms with Gasteiger partial charge in [-0.2, -0.15) is 10.3 Å². The summed E-state index contributed by atoms with van der Waals surface area (Å²) in [6.45, 7) is 0. The van der Waals surface area contributed by atoms with Crippen LogP contribution in [0.3, 0.4) is 0 Å². The van der Waals surface area contributed by atoms with Crippen LogP contribution in [0, 0.1) is 17.2 Å². The quantitative estimate of drug-likeness (QED) is 0.802. The van der Waals surface area contributed by atoms with Crippen molar-refractivity contribution in [2.24, 2.45) is 5.92 Å². The van der Waals surface area contributed by atoms with E-state index in [-0.39, 0.29) is 6.04 Å². The van der Waals surface area contributed by atoms with Crippen molar-refractivity contribution in [3.8, 4) is 6.07 Å². The molecule has 0 aromatic heterocycles. The van der Waals surface area contributed by atoms with Gasteiger partial charge in [0.2, 0.25) is 0 Å². The lowest BCUT2D eigenvalue weighted by Gasteiger charge is -2.18. The molecule has 2 rings (SSSR count). The summed E-state index contributed by atoms with van der Waals surface area (Å²) in [6, 6.07) is 11.0. The van der Waals surface area contributed by atoms with Gasteiger partial charge in [0.15, 0.2) is 15.3 Å². The largest absolute Gasteiger partial charge is 0.278 e. The van der Waals surface area contributed by atoms with Crippen molar-refractivity contribution in [2.45, 2.75) is 11.5 Å². The van der Waals surface area contributed by atoms with E-state index in [1.54, 1.807) is 7.05 Å². The maximum absolute atomic E-state index is 11.6. The molecule has 0 amide bonds. The van der Waals surface area contributed by atoms with Gasteiger partial charge in [0.1, 0.15) is 5.92 Å². The van der Waals surface area contributed by atoms with E-state index in [0.717, 1.165) is 11.8 Å². The average Bonchev–Trinajstić information content (AvgIpc) is 2.67. The highest BCUT2D eigenvalue weighted by Crippen LogP contribution is 2.39. The Morgan fingerprint density at radius 1 is 1.33 bits per heavy atom. The predicted octanol–water partition coefficient (Wildman–Crippen LogP) is 1.12. The summed E-state index contributed by atoms with van der Waals surface area (Å²) < 4.78 is 23.2. The summed E-state index contributed by atoms with van der Waals surface area (Å²) >= 11 is 0. The predicted molar refractivity (Wildman–Crippen MR) is 65.8 cm³/mol. The Morgan fingerprint density at radius 2 is 1.94 bits per heavy atom. The number of benzene rings is 1. The van der Waals surface area contributed by atoms with E-state index >= 15 is 0 Å². The number of hydrogen-bond acceptors (Lipinski definition) is 5. The first-order valence-corrected chi connectivity index (χ1v) is 7.43. The Labute approximate surface area is 106 Å². The van der Waals surface area contributed by atoms with Crippen molar-refractivity contribution in [1.29, 1.82) is 5.26 Å². The first-order chi connectivity index (χ1) is 8.45. The summed E-state index contributed by atoms with van der Waals surface area (Å²) in [4.78, 5) is 5.32. The molecule has 1 unspecified atom stereocenters. The summed E-state index contributed by atoms with van der Waals surface area (Å²) in [5.41, 5.74) is -0.226. The number of nitriles is 1. The van der Waals surface area contributed by atoms with Crippen LogP contribution < -0.4 is 0 Å². The Morgan fingerprint density at radius 3 is 2.44 bits per heavy atom. The molecular weight excluding hydrogens is 252 g/mol. The number of nitrogens with zero attached hydrogens (tertiary/aromatic N) is 2. The molecule has 96 valence electrons. The molecule has 1 aliphatic rings. The molecule has 5 nitrogen and oxygen atoms in total. The van der Waals surface area contributed by atoms with Gasteiger partial charge in [0.25, 0.3) is 0 Å². The van der Waals surface area contributed by atoms with Crippen molar-refractivity contribution in [1.82, 2.24) is 5.06 Å². The standard InChI is InChI=1S/C12H14N2O3S/c1-14-11(9-6-4-3-5-7-9)10(8-13)12(17-14)18(2,15)16/h3-7,10-12H,1-2H3/t10-,11?,12+/m0/s1. The van der Waals surface area contributed by atoms with E-state index < -0.39 is 21.2 Å². The Balaban J connectivity index is 2.41. The maximum atomic E-state index is 11.6. The van der Waals surface area contributed by atoms with Crippen molar-refractivity contribution in [3.63, 3.8) is 0 Å². The molecule has 1 aromatic carbocycles. The Kier molecular flexibility index (Phi) is 3.39. The molecule has 18 heavy (non-hydrogen) atoms. The molecule has 3 atom stereocenters. The van der Waals surface area contributed by atoms with E-state index in [4.69, 9.17) is 4.84 Å². The highest BCUT2D eigenvalue weighted by atomic mass is 32.2. The van der Waals surface area contributed by atoms with Crippen LogP contribution in [0.1, 0.15) is 11.6 Å². The van der Waals surface area contributed by atoms with E-state index in [2.05, 4.69) is 6.07 Å². The first-order valence-electron chi connectivity index (χ1n) is 5.48. The highest BCUT2D eigenvalue weighted by Gasteiger charge is 2.47. The van der Waals surface area contributed by atoms with Gasteiger partial charge < -0.3 is 0 Å². The van der Waals surface area contributed by atoms with Gasteiger partial charge in [-0.05, 0) is 5.56 Å². The minimum absolute atomic E-state index is 0.365. The topological polar surface area (TPSA) is 70.4 Å². The molecule has 0 spiro atoms. The normalized spacial score (nSPS) is 29.1. The lowest BCUT2D eigenvalue weighted by molar-refractivity contribution is -0.122. The monoisotopic (exact) mass is 266 g/mol. The second kappa shape index (κ2) is 4.69. The molecule has 1 fully saturated rings. The van der Waals surface area contributed by atoms with E-state index in [1.165, 1.54) is 5.06 Å². The summed E-state index contributed by atoms with van der Waals surface area (Å²) in [6.07, 6.45) is 1.09. The second-order valence-corrected chi connectivity index (χ2v) is 6.48. The van der Waals surface area contributed by atoms with Gasteiger partial charge in [0.05, 0.1) is 12.1 Å². The van der Waals surface area contributed by atoms with Gasteiger partial charge in [-0.25, -0.2) is 8.42 Å². The van der Waals surface area contributed by atoms with E-state index in [1.807, 2.05) is 30.3 Å². The number of hydrogen-bond donors (Lipinski definition) is 0. The lowest BCUT2D eigenvalue weighted by atomic mass is 9.95. The van der Waals surface area contributed by atoms with Crippen molar-refractivity contribution >= 4 is 9.84 Å². The Hall–Kier alpha value is -1.42. The van der Waals surface area contributed by atoms with Crippen LogP contribution in [0.15, 0.2) is 30.3 Å². The Bertz CT molecular complexity index is 565. The molecule has 1 saturated heterocycles. The van der Waals surface area contributed by atoms with Crippen LogP contribution in [0.5, 0.6) is 0 Å². The van der Waals surface area contributed by atoms with Crippen LogP contribution >= 0.6 is 0 Å². The first kappa shape index (κ1) is 13.0. The molecular formula is C12H14N2O3S. The van der Waals surface area contributed by atoms with Gasteiger partial charge >= 0.3 is 0 Å². The van der Waals surface area contributed by atoms with Crippen molar-refractivity contribution in [2.75, 3.05) is 13.3 Å². The summed E-state index contributed by atoms with van der Waals surface area (Å²) in [5, 5.41) is 10.7. The van der Waals surface area contributed by atoms with Gasteiger partial charge in [-0.15, -0.1) is 0 Å². The van der Waals surface area contributed by atoms with E-state index in [9.17, 15) is 13.7 Å². The molecule has 1 heterocycles. The molecule has 1 aromatic rings. The second-order valence-electron chi connectivity index (χ2n) is 4.36. The molecule has 0 aliphatic carbocycles. The molecule has 0 radical (unpaired) electrons. The van der Waals surface area contributed by atoms with Crippen LogP contribution in [0.25, 0.3) is 0 Å². The molecule has 0 bridgehead atoms. The third-order valence-corrected chi connectivity index (χ3v) is 4.23. The zero-order chi connectivity index (χ0) is 13.3. The van der Waals surface area contributed by atoms with Gasteiger partial charge in [0, 0.05) is 13.3 Å². The number of sulfone groups is 1. The number of hydroxylamine groups is 2. The van der Waals surface area contributed by atoms with Gasteiger partial charge in [-0.1, -0.05) is 30.3 Å². The smallest absolute Gasteiger partial charge is 0.197 e. The fourth-order valence-electron chi connectivity index (χ4n) is 2.21. The van der Waals surface area contributed by atoms with E-state index in [0.29, 0.717) is 0 Å². The molecule has 1 aliphatic heterocycles. The van der Waals surface area contributed by atoms with Crippen molar-refractivity contribution in [3.05, 3.63) is 35.9 Å². The minimum Gasteiger partial charge on any atom is -0.278 e. The third-order valence-electron chi connectivity index (χ3n) is 3.01. The van der Waals surface area contributed by atoms with Gasteiger partial charge in [-0.3, -0.25) is 4.84 Å². The lowest BCUT2D eigenvalue weighted by Crippen LogP contribution is -2.26. The average molecular weight is 266 g/mol. The third kappa shape index (κ3) is 2.25. The molecule has 0 N–H and O–H groups in total. The fraction of sp³-hybridized carbons (Fsp3) is 0.417.